The van der Waals surface area contributed by atoms with Crippen molar-refractivity contribution in [1.29, 1.82) is 0 Å². The van der Waals surface area contributed by atoms with Gasteiger partial charge in [0.1, 0.15) is 5.01 Å². The predicted octanol–water partition coefficient (Wildman–Crippen LogP) is 12.7. The minimum Gasteiger partial charge on any atom is -0.309 e. The van der Waals surface area contributed by atoms with Crippen LogP contribution in [0.15, 0.2) is 158 Å². The van der Waals surface area contributed by atoms with Crippen LogP contribution >= 0.6 is 11.3 Å². The van der Waals surface area contributed by atoms with Gasteiger partial charge in [0.15, 0.2) is 0 Å². The molecular formula is C46H32N2S. The van der Waals surface area contributed by atoms with Crippen molar-refractivity contribution in [2.45, 2.75) is 19.3 Å². The van der Waals surface area contributed by atoms with E-state index in [9.17, 15) is 0 Å². The molecule has 7 aromatic carbocycles. The summed E-state index contributed by atoms with van der Waals surface area (Å²) in [5.41, 5.74) is 16.2. The average Bonchev–Trinajstić information content (AvgIpc) is 3.80. The molecule has 0 fully saturated rings. The average molecular weight is 645 g/mol. The molecule has 2 nitrogen and oxygen atoms in total. The molecule has 49 heavy (non-hydrogen) atoms. The van der Waals surface area contributed by atoms with Crippen molar-refractivity contribution in [1.82, 2.24) is 9.55 Å². The van der Waals surface area contributed by atoms with Crippen LogP contribution in [-0.2, 0) is 5.41 Å². The lowest BCUT2D eigenvalue weighted by Crippen LogP contribution is -2.16. The molecule has 1 aliphatic rings. The monoisotopic (exact) mass is 644 g/mol. The van der Waals surface area contributed by atoms with E-state index < -0.39 is 0 Å². The van der Waals surface area contributed by atoms with Crippen LogP contribution in [0.25, 0.3) is 81.7 Å². The molecule has 0 atom stereocenters. The normalized spacial score (nSPS) is 13.3. The van der Waals surface area contributed by atoms with Crippen molar-refractivity contribution in [3.05, 3.63) is 169 Å². The van der Waals surface area contributed by atoms with Gasteiger partial charge in [-0.1, -0.05) is 123 Å². The van der Waals surface area contributed by atoms with Crippen LogP contribution in [0.4, 0.5) is 0 Å². The Morgan fingerprint density at radius 1 is 0.510 bits per heavy atom. The highest BCUT2D eigenvalue weighted by molar-refractivity contribution is 7.21. The lowest BCUT2D eigenvalue weighted by Gasteiger charge is -2.24. The summed E-state index contributed by atoms with van der Waals surface area (Å²) < 4.78 is 3.62. The fourth-order valence-corrected chi connectivity index (χ4v) is 9.09. The van der Waals surface area contributed by atoms with Crippen molar-refractivity contribution in [2.24, 2.45) is 0 Å². The minimum absolute atomic E-state index is 0.0831. The SMILES string of the molecule is CC1(C)c2ccccc2-c2cccc(-c3ccc4c(c3)c3cc(-c5ccc(-c6nc7ccccc7s6)cc5)ccc3n4-c3ccccc3)c21. The molecule has 9 aromatic rings. The number of hydrogen-bond donors (Lipinski definition) is 0. The van der Waals surface area contributed by atoms with E-state index >= 15 is 0 Å². The Balaban J connectivity index is 1.14. The highest BCUT2D eigenvalue weighted by atomic mass is 32.1. The summed E-state index contributed by atoms with van der Waals surface area (Å²) in [6, 6.07) is 57.7. The van der Waals surface area contributed by atoms with E-state index in [2.05, 4.69) is 176 Å². The first-order valence-corrected chi connectivity index (χ1v) is 17.7. The number of rotatable bonds is 4. The predicted molar refractivity (Wildman–Crippen MR) is 208 cm³/mol. The molecule has 2 heterocycles. The molecule has 2 aromatic heterocycles. The van der Waals surface area contributed by atoms with Gasteiger partial charge in [-0.15, -0.1) is 11.3 Å². The Hall–Kier alpha value is -5.77. The maximum Gasteiger partial charge on any atom is 0.124 e. The van der Waals surface area contributed by atoms with E-state index in [1.165, 1.54) is 76.7 Å². The second-order valence-corrected chi connectivity index (χ2v) is 14.6. The lowest BCUT2D eigenvalue weighted by molar-refractivity contribution is 0.662. The first-order chi connectivity index (χ1) is 24.0. The standard InChI is InChI=1S/C46H32N2S/c1-46(2)39-16-7-6-13-35(39)36-15-10-14-34(44(36)46)32-24-26-42-38(28-32)37-27-31(23-25-41(37)48(42)33-11-4-3-5-12-33)29-19-21-30(22-20-29)45-47-40-17-8-9-18-43(40)49-45/h3-28H,1-2H3. The quantitative estimate of drug-likeness (QED) is 0.186. The summed E-state index contributed by atoms with van der Waals surface area (Å²) in [4.78, 5) is 4.88. The number of thiazole rings is 1. The van der Waals surface area contributed by atoms with E-state index in [0.717, 1.165) is 16.1 Å². The Morgan fingerprint density at radius 2 is 1.12 bits per heavy atom. The number of fused-ring (bicyclic) bond motifs is 7. The smallest absolute Gasteiger partial charge is 0.124 e. The second kappa shape index (κ2) is 10.6. The largest absolute Gasteiger partial charge is 0.309 e. The zero-order valence-electron chi connectivity index (χ0n) is 27.3. The van der Waals surface area contributed by atoms with Crippen LogP contribution in [0.2, 0.25) is 0 Å². The van der Waals surface area contributed by atoms with E-state index in [1.807, 2.05) is 0 Å². The first-order valence-electron chi connectivity index (χ1n) is 16.9. The molecule has 0 bridgehead atoms. The van der Waals surface area contributed by atoms with E-state index in [0.29, 0.717) is 0 Å². The highest BCUT2D eigenvalue weighted by Crippen LogP contribution is 2.52. The van der Waals surface area contributed by atoms with Gasteiger partial charge in [0.05, 0.1) is 21.3 Å². The maximum absolute atomic E-state index is 4.88. The third-order valence-corrected chi connectivity index (χ3v) is 11.5. The van der Waals surface area contributed by atoms with Crippen molar-refractivity contribution in [2.75, 3.05) is 0 Å². The van der Waals surface area contributed by atoms with E-state index in [1.54, 1.807) is 11.3 Å². The van der Waals surface area contributed by atoms with Crippen molar-refractivity contribution >= 4 is 43.4 Å². The number of benzene rings is 7. The third kappa shape index (κ3) is 4.29. The van der Waals surface area contributed by atoms with Gasteiger partial charge in [-0.25, -0.2) is 4.98 Å². The van der Waals surface area contributed by atoms with Gasteiger partial charge in [-0.2, -0.15) is 0 Å². The number of nitrogens with zero attached hydrogens (tertiary/aromatic N) is 2. The molecule has 0 spiro atoms. The fourth-order valence-electron chi connectivity index (χ4n) is 8.11. The highest BCUT2D eigenvalue weighted by Gasteiger charge is 2.37. The van der Waals surface area contributed by atoms with Gasteiger partial charge >= 0.3 is 0 Å². The molecule has 232 valence electrons. The van der Waals surface area contributed by atoms with Crippen LogP contribution in [0.5, 0.6) is 0 Å². The Labute approximate surface area is 289 Å². The molecule has 10 rings (SSSR count). The molecule has 0 saturated heterocycles. The lowest BCUT2D eigenvalue weighted by atomic mass is 9.79. The van der Waals surface area contributed by atoms with Gasteiger partial charge in [-0.05, 0) is 93.0 Å². The minimum atomic E-state index is -0.0831. The zero-order valence-corrected chi connectivity index (χ0v) is 28.1. The van der Waals surface area contributed by atoms with Gasteiger partial charge in [0, 0.05) is 27.4 Å². The second-order valence-electron chi connectivity index (χ2n) is 13.6. The molecule has 0 radical (unpaired) electrons. The molecule has 0 aliphatic heterocycles. The van der Waals surface area contributed by atoms with Crippen molar-refractivity contribution in [3.63, 3.8) is 0 Å². The Bertz CT molecular complexity index is 2700. The molecule has 0 N–H and O–H groups in total. The van der Waals surface area contributed by atoms with Gasteiger partial charge in [0.2, 0.25) is 0 Å². The van der Waals surface area contributed by atoms with E-state index in [4.69, 9.17) is 4.98 Å². The molecule has 0 saturated carbocycles. The summed E-state index contributed by atoms with van der Waals surface area (Å²) in [5.74, 6) is 0. The van der Waals surface area contributed by atoms with Crippen LogP contribution in [0.3, 0.4) is 0 Å². The van der Waals surface area contributed by atoms with Crippen LogP contribution in [-0.4, -0.2) is 9.55 Å². The first kappa shape index (κ1) is 28.3. The van der Waals surface area contributed by atoms with Crippen LogP contribution < -0.4 is 0 Å². The van der Waals surface area contributed by atoms with Gasteiger partial charge in [-0.3, -0.25) is 0 Å². The van der Waals surface area contributed by atoms with Crippen LogP contribution in [0.1, 0.15) is 25.0 Å². The van der Waals surface area contributed by atoms with Crippen molar-refractivity contribution < 1.29 is 0 Å². The fraction of sp³-hybridized carbons (Fsp3) is 0.0652. The zero-order chi connectivity index (χ0) is 32.7. The summed E-state index contributed by atoms with van der Waals surface area (Å²) in [6.07, 6.45) is 0. The summed E-state index contributed by atoms with van der Waals surface area (Å²) >= 11 is 1.75. The third-order valence-electron chi connectivity index (χ3n) is 10.4. The topological polar surface area (TPSA) is 17.8 Å². The Morgan fingerprint density at radius 3 is 1.92 bits per heavy atom. The number of para-hydroxylation sites is 2. The number of hydrogen-bond acceptors (Lipinski definition) is 2. The number of aromatic nitrogens is 2. The van der Waals surface area contributed by atoms with E-state index in [-0.39, 0.29) is 5.41 Å². The molecule has 0 amide bonds. The summed E-state index contributed by atoms with van der Waals surface area (Å²) in [7, 11) is 0. The van der Waals surface area contributed by atoms with Gasteiger partial charge in [0.25, 0.3) is 0 Å². The van der Waals surface area contributed by atoms with Gasteiger partial charge < -0.3 is 4.57 Å². The molecule has 1 aliphatic carbocycles. The molecule has 3 heteroatoms. The summed E-state index contributed by atoms with van der Waals surface area (Å²) in [6.45, 7) is 4.74. The molecule has 0 unspecified atom stereocenters. The maximum atomic E-state index is 4.88. The van der Waals surface area contributed by atoms with Crippen LogP contribution in [0, 0.1) is 0 Å². The Kier molecular flexibility index (Phi) is 6.12. The summed E-state index contributed by atoms with van der Waals surface area (Å²) in [5, 5.41) is 3.57. The van der Waals surface area contributed by atoms with Crippen molar-refractivity contribution in [3.8, 4) is 49.6 Å². The molecular weight excluding hydrogens is 613 g/mol.